The summed E-state index contributed by atoms with van der Waals surface area (Å²) in [7, 11) is 5.95. The summed E-state index contributed by atoms with van der Waals surface area (Å²) in [5.74, 6) is 1.32. The van der Waals surface area contributed by atoms with E-state index in [-0.39, 0.29) is 17.4 Å². The van der Waals surface area contributed by atoms with E-state index in [1.807, 2.05) is 6.92 Å². The average molecular weight is 681 g/mol. The molecule has 0 saturated carbocycles. The summed E-state index contributed by atoms with van der Waals surface area (Å²) >= 11 is 0. The second-order valence-corrected chi connectivity index (χ2v) is 11.8. The van der Waals surface area contributed by atoms with Gasteiger partial charge in [0.25, 0.3) is 5.91 Å². The summed E-state index contributed by atoms with van der Waals surface area (Å²) in [5, 5.41) is 40.7. The Kier molecular flexibility index (Phi) is 11.5. The number of hydrogen-bond acceptors (Lipinski definition) is 12. The lowest BCUT2D eigenvalue weighted by atomic mass is 9.99. The fraction of sp³-hybridized carbons (Fsp3) is 0.417. The summed E-state index contributed by atoms with van der Waals surface area (Å²) in [6.07, 6.45) is -5.69. The van der Waals surface area contributed by atoms with Crippen molar-refractivity contribution in [1.82, 2.24) is 4.90 Å². The summed E-state index contributed by atoms with van der Waals surface area (Å²) in [5.41, 5.74) is 3.68. The molecule has 49 heavy (non-hydrogen) atoms. The number of rotatable bonds is 11. The Bertz CT molecular complexity index is 1590. The van der Waals surface area contributed by atoms with Crippen molar-refractivity contribution < 1.29 is 53.6 Å². The number of aliphatic hydroxyl groups excluding tert-OH is 4. The van der Waals surface area contributed by atoms with Crippen molar-refractivity contribution in [2.75, 3.05) is 66.1 Å². The Balaban J connectivity index is 1.51. The average Bonchev–Trinajstić information content (AvgIpc) is 3.13. The molecule has 0 radical (unpaired) electrons. The van der Waals surface area contributed by atoms with E-state index in [1.165, 1.54) is 34.0 Å². The Morgan fingerprint density at radius 1 is 0.796 bits per heavy atom. The van der Waals surface area contributed by atoms with Crippen LogP contribution in [0.15, 0.2) is 54.6 Å². The number of anilines is 1. The molecular formula is C36H44N2O11. The molecule has 0 bridgehead atoms. The minimum atomic E-state index is -1.63. The number of piperazine rings is 1. The van der Waals surface area contributed by atoms with Gasteiger partial charge in [0.05, 0.1) is 35.0 Å². The number of aliphatic hydroxyl groups is 4. The highest BCUT2D eigenvalue weighted by atomic mass is 16.7. The van der Waals surface area contributed by atoms with E-state index in [0.717, 1.165) is 5.69 Å². The number of benzene rings is 3. The fourth-order valence-electron chi connectivity index (χ4n) is 5.93. The number of carbonyl (C=O) groups excluding carboxylic acids is 1. The van der Waals surface area contributed by atoms with E-state index in [1.54, 1.807) is 41.3 Å². The Morgan fingerprint density at radius 3 is 2.00 bits per heavy atom. The molecule has 3 aromatic rings. The zero-order valence-electron chi connectivity index (χ0n) is 28.2. The van der Waals surface area contributed by atoms with Gasteiger partial charge < -0.3 is 58.6 Å². The number of aryl methyl sites for hydroxylation is 1. The topological polar surface area (TPSA) is 160 Å². The first-order valence-corrected chi connectivity index (χ1v) is 15.9. The smallest absolute Gasteiger partial charge is 0.254 e. The fourth-order valence-corrected chi connectivity index (χ4v) is 5.93. The monoisotopic (exact) mass is 680 g/mol. The molecule has 2 aliphatic rings. The van der Waals surface area contributed by atoms with Gasteiger partial charge in [0.2, 0.25) is 12.0 Å². The number of methoxy groups -OCH3 is 4. The van der Waals surface area contributed by atoms with Crippen LogP contribution in [0.25, 0.3) is 11.6 Å². The van der Waals surface area contributed by atoms with Crippen LogP contribution in [0.2, 0.25) is 0 Å². The van der Waals surface area contributed by atoms with Gasteiger partial charge in [-0.2, -0.15) is 0 Å². The largest absolute Gasteiger partial charge is 0.493 e. The van der Waals surface area contributed by atoms with Crippen LogP contribution in [-0.4, -0.2) is 123 Å². The molecule has 3 aromatic carbocycles. The molecule has 13 nitrogen and oxygen atoms in total. The maximum absolute atomic E-state index is 14.4. The maximum Gasteiger partial charge on any atom is 0.254 e. The molecule has 2 aliphatic heterocycles. The number of carbonyl (C=O) groups is 1. The van der Waals surface area contributed by atoms with E-state index in [4.69, 9.17) is 28.4 Å². The van der Waals surface area contributed by atoms with Gasteiger partial charge >= 0.3 is 0 Å². The van der Waals surface area contributed by atoms with E-state index in [9.17, 15) is 25.2 Å². The standard InChI is InChI=1S/C36H44N2O11/c1-21-6-9-24(10-7-21)37-12-14-38(15-13-37)35(43)25(23-18-28(45-3)34(47-5)29(19-23)46-4)16-22-8-11-26(44-2)27(17-22)48-36-33(42)32(41)31(40)30(20-39)49-36/h6-11,16-19,30-33,36,39-42H,12-15,20H2,1-5H3/b25-16+/t30-,31-,32+,33+,36+/m1/s1. The number of amides is 1. The zero-order valence-corrected chi connectivity index (χ0v) is 28.2. The molecule has 264 valence electrons. The predicted molar refractivity (Wildman–Crippen MR) is 181 cm³/mol. The van der Waals surface area contributed by atoms with Crippen molar-refractivity contribution in [3.8, 4) is 28.7 Å². The van der Waals surface area contributed by atoms with Crippen LogP contribution in [0.4, 0.5) is 5.69 Å². The molecule has 0 spiro atoms. The molecule has 0 aliphatic carbocycles. The van der Waals surface area contributed by atoms with Crippen molar-refractivity contribution >= 4 is 23.2 Å². The SMILES string of the molecule is COc1ccc(/C=C(/C(=O)N2CCN(c3ccc(C)cc3)CC2)c2cc(OC)c(OC)c(OC)c2)cc1O[C@H]1O[C@H](CO)[C@@H](O)[C@H](O)[C@@H]1O. The first-order valence-electron chi connectivity index (χ1n) is 15.9. The number of nitrogens with zero attached hydrogens (tertiary/aromatic N) is 2. The van der Waals surface area contributed by atoms with Crippen LogP contribution in [0.3, 0.4) is 0 Å². The van der Waals surface area contributed by atoms with Crippen molar-refractivity contribution in [1.29, 1.82) is 0 Å². The highest BCUT2D eigenvalue weighted by molar-refractivity contribution is 6.24. The van der Waals surface area contributed by atoms with Crippen molar-refractivity contribution in [2.45, 2.75) is 37.6 Å². The molecule has 2 heterocycles. The lowest BCUT2D eigenvalue weighted by Gasteiger charge is -2.39. The summed E-state index contributed by atoms with van der Waals surface area (Å²) in [6.45, 7) is 3.72. The second kappa shape index (κ2) is 15.8. The number of ether oxygens (including phenoxy) is 6. The molecular weight excluding hydrogens is 636 g/mol. The summed E-state index contributed by atoms with van der Waals surface area (Å²) in [6, 6.07) is 16.7. The van der Waals surface area contributed by atoms with Gasteiger partial charge in [-0.1, -0.05) is 23.8 Å². The summed E-state index contributed by atoms with van der Waals surface area (Å²) in [4.78, 5) is 18.4. The van der Waals surface area contributed by atoms with Crippen LogP contribution in [0, 0.1) is 6.92 Å². The highest BCUT2D eigenvalue weighted by Gasteiger charge is 2.45. The Morgan fingerprint density at radius 2 is 1.43 bits per heavy atom. The van der Waals surface area contributed by atoms with Gasteiger partial charge in [-0.05, 0) is 60.5 Å². The van der Waals surface area contributed by atoms with Gasteiger partial charge in [-0.15, -0.1) is 0 Å². The third-order valence-corrected chi connectivity index (χ3v) is 8.76. The number of hydrogen-bond donors (Lipinski definition) is 4. The molecule has 2 saturated heterocycles. The second-order valence-electron chi connectivity index (χ2n) is 11.8. The third-order valence-electron chi connectivity index (χ3n) is 8.76. The predicted octanol–water partition coefficient (Wildman–Crippen LogP) is 2.10. The molecule has 4 N–H and O–H groups in total. The van der Waals surface area contributed by atoms with Gasteiger partial charge in [0.1, 0.15) is 24.4 Å². The molecule has 2 fully saturated rings. The zero-order chi connectivity index (χ0) is 35.2. The van der Waals surface area contributed by atoms with Crippen LogP contribution >= 0.6 is 0 Å². The minimum absolute atomic E-state index is 0.129. The van der Waals surface area contributed by atoms with Crippen molar-refractivity contribution in [3.05, 3.63) is 71.3 Å². The van der Waals surface area contributed by atoms with E-state index < -0.39 is 37.3 Å². The Labute approximate surface area is 285 Å². The Hall–Kier alpha value is -4.53. The van der Waals surface area contributed by atoms with Crippen LogP contribution in [-0.2, 0) is 9.53 Å². The quantitative estimate of drug-likeness (QED) is 0.173. The van der Waals surface area contributed by atoms with E-state index in [2.05, 4.69) is 29.2 Å². The summed E-state index contributed by atoms with van der Waals surface area (Å²) < 4.78 is 33.7. The van der Waals surface area contributed by atoms with Crippen molar-refractivity contribution in [2.24, 2.45) is 0 Å². The van der Waals surface area contributed by atoms with Gasteiger partial charge in [0.15, 0.2) is 23.0 Å². The first kappa shape index (κ1) is 35.8. The molecule has 0 aromatic heterocycles. The van der Waals surface area contributed by atoms with Gasteiger partial charge in [-0.25, -0.2) is 0 Å². The minimum Gasteiger partial charge on any atom is -0.493 e. The van der Waals surface area contributed by atoms with Crippen molar-refractivity contribution in [3.63, 3.8) is 0 Å². The van der Waals surface area contributed by atoms with Crippen LogP contribution in [0.5, 0.6) is 28.7 Å². The van der Waals surface area contributed by atoms with E-state index >= 15 is 0 Å². The molecule has 13 heteroatoms. The third kappa shape index (κ3) is 7.71. The molecule has 5 rings (SSSR count). The van der Waals surface area contributed by atoms with Gasteiger partial charge in [0, 0.05) is 37.4 Å². The highest BCUT2D eigenvalue weighted by Crippen LogP contribution is 2.41. The van der Waals surface area contributed by atoms with E-state index in [0.29, 0.717) is 60.1 Å². The lowest BCUT2D eigenvalue weighted by Crippen LogP contribution is -2.60. The van der Waals surface area contributed by atoms with Gasteiger partial charge in [-0.3, -0.25) is 4.79 Å². The van der Waals surface area contributed by atoms with Crippen LogP contribution < -0.4 is 28.6 Å². The normalized spacial score (nSPS) is 22.8. The lowest BCUT2D eigenvalue weighted by molar-refractivity contribution is -0.277. The molecule has 5 atom stereocenters. The molecule has 0 unspecified atom stereocenters. The van der Waals surface area contributed by atoms with Crippen LogP contribution in [0.1, 0.15) is 16.7 Å². The molecule has 1 amide bonds. The first-order chi connectivity index (χ1) is 23.6. The maximum atomic E-state index is 14.4.